The first-order valence-corrected chi connectivity index (χ1v) is 31.9. The molecular weight excluding hydrogens is 1040 g/mol. The number of hydrogen-bond acceptors (Lipinski definition) is 2. The fourth-order valence-electron chi connectivity index (χ4n) is 15.9. The van der Waals surface area contributed by atoms with Crippen molar-refractivity contribution < 1.29 is 0 Å². The second kappa shape index (κ2) is 19.2. The summed E-state index contributed by atoms with van der Waals surface area (Å²) >= 11 is 0. The Bertz CT molecular complexity index is 4470. The van der Waals surface area contributed by atoms with E-state index in [0.717, 1.165) is 60.5 Å². The fourth-order valence-corrected chi connectivity index (χ4v) is 15.9. The highest BCUT2D eigenvalue weighted by molar-refractivity contribution is 6.74. The third-order valence-corrected chi connectivity index (χ3v) is 21.6. The maximum Gasteiger partial charge on any atom is 0.197 e. The summed E-state index contributed by atoms with van der Waals surface area (Å²) in [5.74, 6) is 0. The van der Waals surface area contributed by atoms with Crippen LogP contribution in [0.3, 0.4) is 0 Å². The molecule has 0 saturated heterocycles. The Morgan fingerprint density at radius 2 is 0.860 bits per heavy atom. The van der Waals surface area contributed by atoms with Crippen LogP contribution < -0.4 is 21.1 Å². The third kappa shape index (κ3) is 8.65. The van der Waals surface area contributed by atoms with Crippen molar-refractivity contribution in [2.75, 3.05) is 10.2 Å². The van der Waals surface area contributed by atoms with Gasteiger partial charge in [-0.05, 0) is 204 Å². The Balaban J connectivity index is 1.09. The zero-order valence-corrected chi connectivity index (χ0v) is 52.7. The molecule has 4 heteroatoms. The molecule has 3 aliphatic carbocycles. The van der Waals surface area contributed by atoms with E-state index in [4.69, 9.17) is 0 Å². The largest absolute Gasteiger partial charge is 0.355 e. The van der Waals surface area contributed by atoms with Crippen LogP contribution in [0, 0.1) is 0 Å². The molecular formula is C82H81BN3. The van der Waals surface area contributed by atoms with Crippen LogP contribution >= 0.6 is 0 Å². The molecule has 15 rings (SSSR count). The lowest BCUT2D eigenvalue weighted by atomic mass is 9.55. The standard InChI is InChI=1S/C82H81BN3/c1-77(2)39-40-78(3,4)64-45-56(32-38-63(64)77)84-70-49-67-65(79(5,6)41-43-81(67,9)10)46-61(70)62-47-72(85(57-33-27-53(28-34-57)51-21-15-13-16-22-51)58-35-29-54(30-36-58)52-23-17-14-18-24-52)73-60-37-31-55-25-19-20-26-59(55)75(60)86-71-50-68-66(48-69(71)83-74(62)76(73)86)80(7,8)42-44-82(68,11)12/h13-38,45-50,84H,39-44H2,1-12H3. The van der Waals surface area contributed by atoms with E-state index >= 15 is 0 Å². The van der Waals surface area contributed by atoms with Crippen molar-refractivity contribution in [1.82, 2.24) is 4.57 Å². The lowest BCUT2D eigenvalue weighted by molar-refractivity contribution is 0.332. The Labute approximate surface area is 511 Å². The van der Waals surface area contributed by atoms with Crippen molar-refractivity contribution in [2.45, 2.75) is 154 Å². The molecule has 0 unspecified atom stereocenters. The quantitative estimate of drug-likeness (QED) is 0.153. The average Bonchev–Trinajstić information content (AvgIpc) is 1.47. The lowest BCUT2D eigenvalue weighted by Gasteiger charge is -2.43. The molecule has 1 aromatic heterocycles. The van der Waals surface area contributed by atoms with Gasteiger partial charge in [0.2, 0.25) is 0 Å². The van der Waals surface area contributed by atoms with E-state index in [1.165, 1.54) is 122 Å². The monoisotopic (exact) mass is 1120 g/mol. The van der Waals surface area contributed by atoms with Crippen molar-refractivity contribution in [3.05, 3.63) is 228 Å². The SMILES string of the molecule is CC1(C)CCC(C)(C)c2cc(Nc3cc4c(cc3-c3cc(N(c5ccc(-c6ccccc6)cc5)c5ccc(-c6ccccc6)cc5)c5c6ccc7ccccc7c6n6c5c3[B]c3cc5c(cc3-6)C(C)(C)CCC5(C)C)C(C)(C)CCC4(C)C)ccc21. The summed E-state index contributed by atoms with van der Waals surface area (Å²) in [5.41, 5.74) is 28.1. The van der Waals surface area contributed by atoms with E-state index in [0.29, 0.717) is 0 Å². The predicted molar refractivity (Wildman–Crippen MR) is 370 cm³/mol. The van der Waals surface area contributed by atoms with Crippen LogP contribution in [0.4, 0.5) is 28.4 Å². The van der Waals surface area contributed by atoms with Crippen molar-refractivity contribution in [1.29, 1.82) is 0 Å². The third-order valence-electron chi connectivity index (χ3n) is 21.6. The van der Waals surface area contributed by atoms with Crippen LogP contribution in [-0.4, -0.2) is 11.8 Å². The molecule has 0 fully saturated rings. The Kier molecular flexibility index (Phi) is 12.2. The average molecular weight is 1120 g/mol. The van der Waals surface area contributed by atoms with Gasteiger partial charge in [-0.15, -0.1) is 0 Å². The first-order valence-electron chi connectivity index (χ1n) is 31.9. The summed E-state index contributed by atoms with van der Waals surface area (Å²) in [6, 6.07) is 74.5. The van der Waals surface area contributed by atoms with Gasteiger partial charge in [0.1, 0.15) is 0 Å². The number of hydrogen-bond donors (Lipinski definition) is 1. The van der Waals surface area contributed by atoms with Gasteiger partial charge in [-0.3, -0.25) is 0 Å². The normalized spacial score (nSPS) is 17.9. The van der Waals surface area contributed by atoms with Gasteiger partial charge < -0.3 is 14.8 Å². The van der Waals surface area contributed by atoms with E-state index < -0.39 is 0 Å². The molecule has 2 heterocycles. The van der Waals surface area contributed by atoms with Crippen LogP contribution in [0.5, 0.6) is 0 Å². The Hall–Kier alpha value is -8.08. The molecule has 11 aromatic rings. The summed E-state index contributed by atoms with van der Waals surface area (Å²) < 4.78 is 2.73. The number of rotatable bonds is 8. The molecule has 427 valence electrons. The highest BCUT2D eigenvalue weighted by Crippen LogP contribution is 2.54. The van der Waals surface area contributed by atoms with Crippen molar-refractivity contribution in [3.63, 3.8) is 0 Å². The minimum Gasteiger partial charge on any atom is -0.355 e. The van der Waals surface area contributed by atoms with E-state index in [1.807, 2.05) is 0 Å². The molecule has 1 radical (unpaired) electrons. The van der Waals surface area contributed by atoms with Crippen molar-refractivity contribution >= 4 is 79.2 Å². The van der Waals surface area contributed by atoms with E-state index in [-0.39, 0.29) is 32.5 Å². The van der Waals surface area contributed by atoms with Crippen LogP contribution in [-0.2, 0) is 32.5 Å². The van der Waals surface area contributed by atoms with Gasteiger partial charge in [-0.2, -0.15) is 0 Å². The van der Waals surface area contributed by atoms with Crippen LogP contribution in [0.2, 0.25) is 0 Å². The number of nitrogens with one attached hydrogen (secondary N) is 1. The highest BCUT2D eigenvalue weighted by Gasteiger charge is 2.43. The van der Waals surface area contributed by atoms with E-state index in [9.17, 15) is 0 Å². The molecule has 1 N–H and O–H groups in total. The summed E-state index contributed by atoms with van der Waals surface area (Å²) in [7, 11) is 2.60. The molecule has 0 spiro atoms. The molecule has 1 aliphatic heterocycles. The number of benzene rings is 10. The maximum atomic E-state index is 4.29. The topological polar surface area (TPSA) is 20.2 Å². The molecule has 0 atom stereocenters. The van der Waals surface area contributed by atoms with Crippen LogP contribution in [0.15, 0.2) is 194 Å². The van der Waals surface area contributed by atoms with Crippen LogP contribution in [0.25, 0.3) is 71.6 Å². The molecule has 0 bridgehead atoms. The first kappa shape index (κ1) is 54.6. The van der Waals surface area contributed by atoms with Gasteiger partial charge in [0.25, 0.3) is 0 Å². The molecule has 0 saturated carbocycles. The van der Waals surface area contributed by atoms with Gasteiger partial charge in [0.15, 0.2) is 7.28 Å². The molecule has 4 aliphatic rings. The van der Waals surface area contributed by atoms with Gasteiger partial charge >= 0.3 is 0 Å². The van der Waals surface area contributed by atoms with E-state index in [2.05, 4.69) is 299 Å². The smallest absolute Gasteiger partial charge is 0.197 e. The fraction of sp³-hybridized carbons (Fsp3) is 0.293. The second-order valence-electron chi connectivity index (χ2n) is 30.0. The zero-order valence-electron chi connectivity index (χ0n) is 52.7. The van der Waals surface area contributed by atoms with Crippen LogP contribution in [0.1, 0.15) is 155 Å². The molecule has 0 amide bonds. The summed E-state index contributed by atoms with van der Waals surface area (Å²) in [5, 5.41) is 9.28. The maximum absolute atomic E-state index is 4.29. The van der Waals surface area contributed by atoms with Crippen molar-refractivity contribution in [2.24, 2.45) is 0 Å². The predicted octanol–water partition coefficient (Wildman–Crippen LogP) is 21.2. The van der Waals surface area contributed by atoms with Crippen molar-refractivity contribution in [3.8, 4) is 39.1 Å². The summed E-state index contributed by atoms with van der Waals surface area (Å²) in [6.45, 7) is 29.6. The van der Waals surface area contributed by atoms with Gasteiger partial charge in [0.05, 0.1) is 16.7 Å². The second-order valence-corrected chi connectivity index (χ2v) is 30.0. The van der Waals surface area contributed by atoms with Gasteiger partial charge in [0, 0.05) is 50.2 Å². The van der Waals surface area contributed by atoms with E-state index in [1.54, 1.807) is 0 Å². The molecule has 86 heavy (non-hydrogen) atoms. The summed E-state index contributed by atoms with van der Waals surface area (Å²) in [6.07, 6.45) is 6.90. The number of nitrogens with zero attached hydrogens (tertiary/aromatic N) is 2. The Morgan fingerprint density at radius 1 is 0.384 bits per heavy atom. The number of anilines is 5. The summed E-state index contributed by atoms with van der Waals surface area (Å²) in [4.78, 5) is 2.57. The Morgan fingerprint density at radius 3 is 1.43 bits per heavy atom. The van der Waals surface area contributed by atoms with Gasteiger partial charge in [-0.1, -0.05) is 222 Å². The number of fused-ring (bicyclic) bond motifs is 10. The minimum absolute atomic E-state index is 0.0118. The molecule has 3 nitrogen and oxygen atoms in total. The highest BCUT2D eigenvalue weighted by atomic mass is 15.1. The lowest BCUT2D eigenvalue weighted by Crippen LogP contribution is -2.41. The number of aromatic nitrogens is 1. The molecule has 10 aromatic carbocycles. The first-order chi connectivity index (χ1) is 41.1. The zero-order chi connectivity index (χ0) is 59.5. The van der Waals surface area contributed by atoms with Gasteiger partial charge in [-0.25, -0.2) is 0 Å². The minimum atomic E-state index is -0.0433.